The molecule has 1 aliphatic rings. The zero-order valence-corrected chi connectivity index (χ0v) is 17.0. The maximum Gasteiger partial charge on any atom is 0.353 e. The van der Waals surface area contributed by atoms with Crippen molar-refractivity contribution in [1.82, 2.24) is 14.6 Å². The third-order valence-corrected chi connectivity index (χ3v) is 5.55. The van der Waals surface area contributed by atoms with Crippen LogP contribution in [0, 0.1) is 0 Å². The van der Waals surface area contributed by atoms with Crippen LogP contribution in [0.25, 0.3) is 0 Å². The summed E-state index contributed by atoms with van der Waals surface area (Å²) in [5, 5.41) is 63.6. The van der Waals surface area contributed by atoms with Gasteiger partial charge in [0.2, 0.25) is 5.72 Å². The average Bonchev–Trinajstić information content (AvgIpc) is 2.96. The van der Waals surface area contributed by atoms with Crippen LogP contribution >= 0.6 is 0 Å². The van der Waals surface area contributed by atoms with Crippen molar-refractivity contribution in [3.8, 4) is 5.75 Å². The van der Waals surface area contributed by atoms with Crippen LogP contribution in [0.5, 0.6) is 5.75 Å². The molecule has 1 aromatic carbocycles. The summed E-state index contributed by atoms with van der Waals surface area (Å²) >= 11 is 0. The molecule has 13 heteroatoms. The monoisotopic (exact) mass is 456 g/mol. The first-order chi connectivity index (χ1) is 15.0. The molecule has 0 amide bonds. The number of aliphatic hydroxyl groups is 4. The first-order valence-electron chi connectivity index (χ1n) is 9.61. The Labute approximate surface area is 181 Å². The van der Waals surface area contributed by atoms with Crippen molar-refractivity contribution in [2.45, 2.75) is 43.2 Å². The van der Waals surface area contributed by atoms with Gasteiger partial charge >= 0.3 is 11.6 Å². The largest absolute Gasteiger partial charge is 0.508 e. The zero-order valence-electron chi connectivity index (χ0n) is 17.0. The average molecular weight is 456 g/mol. The lowest BCUT2D eigenvalue weighted by atomic mass is 9.99. The number of halogens is 1. The minimum absolute atomic E-state index is 0.0152. The van der Waals surface area contributed by atoms with Crippen LogP contribution in [0.15, 0.2) is 35.3 Å². The number of rotatable bonds is 7. The molecule has 1 aromatic heterocycles. The van der Waals surface area contributed by atoms with Gasteiger partial charge in [0.05, 0.1) is 19.8 Å². The summed E-state index contributed by atoms with van der Waals surface area (Å²) in [6.07, 6.45) is -2.87. The summed E-state index contributed by atoms with van der Waals surface area (Å²) in [5.74, 6) is -4.96. The van der Waals surface area contributed by atoms with Crippen LogP contribution < -0.4 is 11.4 Å². The second-order valence-corrected chi connectivity index (χ2v) is 7.58. The lowest BCUT2D eigenvalue weighted by Crippen LogP contribution is -2.68. The van der Waals surface area contributed by atoms with Gasteiger partial charge in [-0.2, -0.15) is 0 Å². The van der Waals surface area contributed by atoms with E-state index in [1.165, 1.54) is 31.2 Å². The van der Waals surface area contributed by atoms with Gasteiger partial charge in [0.25, 0.3) is 0 Å². The Hall–Kier alpha value is -2.65. The molecule has 1 fully saturated rings. The fourth-order valence-electron chi connectivity index (χ4n) is 3.65. The zero-order chi connectivity index (χ0) is 23.8. The van der Waals surface area contributed by atoms with E-state index in [-0.39, 0.29) is 26.5 Å². The van der Waals surface area contributed by atoms with E-state index in [1.807, 2.05) is 0 Å². The maximum atomic E-state index is 13.2. The molecule has 0 spiro atoms. The quantitative estimate of drug-likeness (QED) is 0.190. The third kappa shape index (κ3) is 3.53. The highest BCUT2D eigenvalue weighted by Gasteiger charge is 2.70. The van der Waals surface area contributed by atoms with Crippen molar-refractivity contribution in [2.75, 3.05) is 19.0 Å². The molecular weight excluding hydrogens is 431 g/mol. The Morgan fingerprint density at radius 2 is 2.03 bits per heavy atom. The maximum absolute atomic E-state index is 13.2. The van der Waals surface area contributed by atoms with E-state index < -0.39 is 61.1 Å². The van der Waals surface area contributed by atoms with Crippen molar-refractivity contribution < 1.29 is 39.9 Å². The van der Waals surface area contributed by atoms with Crippen molar-refractivity contribution >= 4 is 5.82 Å². The minimum atomic E-state index is -3.28. The van der Waals surface area contributed by atoms with Crippen molar-refractivity contribution in [3.05, 3.63) is 52.1 Å². The van der Waals surface area contributed by atoms with Gasteiger partial charge in [-0.05, 0) is 6.07 Å². The molecule has 1 unspecified atom stereocenters. The summed E-state index contributed by atoms with van der Waals surface area (Å²) in [5.41, 5.74) is 1.59. The number of hydrogen-bond donors (Lipinski definition) is 7. The first-order valence-corrected chi connectivity index (χ1v) is 9.61. The van der Waals surface area contributed by atoms with Crippen molar-refractivity contribution in [3.63, 3.8) is 0 Å². The molecule has 3 rings (SSSR count). The smallest absolute Gasteiger partial charge is 0.353 e. The van der Waals surface area contributed by atoms with Crippen molar-refractivity contribution in [2.24, 2.45) is 0 Å². The molecule has 2 aromatic rings. The Bertz CT molecular complexity index is 1040. The number of aliphatic hydroxyl groups excluding tert-OH is 2. The van der Waals surface area contributed by atoms with Crippen molar-refractivity contribution in [1.29, 1.82) is 0 Å². The molecule has 8 N–H and O–H groups in total. The Kier molecular flexibility index (Phi) is 6.53. The van der Waals surface area contributed by atoms with Crippen LogP contribution in [0.1, 0.15) is 24.0 Å². The van der Waals surface area contributed by atoms with Gasteiger partial charge in [-0.25, -0.2) is 14.3 Å². The second kappa shape index (κ2) is 8.71. The number of phenolic OH excluding ortho intramolecular Hbond substituents is 1. The highest BCUT2D eigenvalue weighted by atomic mass is 19.1. The number of benzene rings is 1. The minimum Gasteiger partial charge on any atom is -0.508 e. The van der Waals surface area contributed by atoms with Crippen LogP contribution in [0.2, 0.25) is 0 Å². The molecule has 5 atom stereocenters. The van der Waals surface area contributed by atoms with Gasteiger partial charge in [0, 0.05) is 23.2 Å². The number of para-hydroxylation sites is 1. The van der Waals surface area contributed by atoms with Crippen LogP contribution in [0.3, 0.4) is 0 Å². The molecule has 0 bridgehead atoms. The van der Waals surface area contributed by atoms with E-state index in [2.05, 4.69) is 4.98 Å². The van der Waals surface area contributed by atoms with Gasteiger partial charge in [-0.1, -0.05) is 25.1 Å². The summed E-state index contributed by atoms with van der Waals surface area (Å²) in [7, 11) is 0. The molecule has 1 saturated heterocycles. The fraction of sp³-hybridized carbons (Fsp3) is 0.474. The van der Waals surface area contributed by atoms with Gasteiger partial charge in [0.15, 0.2) is 0 Å². The summed E-state index contributed by atoms with van der Waals surface area (Å²) < 4.78 is 18.7. The lowest BCUT2D eigenvalue weighted by molar-refractivity contribution is -0.413. The number of nitrogens with zero attached hydrogens (tertiary/aromatic N) is 3. The van der Waals surface area contributed by atoms with Gasteiger partial charge in [-0.15, -0.1) is 5.06 Å². The van der Waals surface area contributed by atoms with E-state index in [0.717, 1.165) is 6.20 Å². The lowest BCUT2D eigenvalue weighted by Gasteiger charge is -2.42. The SMILES string of the molecule is CC(CF)c1cnc(=O)n([C@]2(O)O[C@H](CO)[C@@H](O)[C@]2(O)N(O)Cc2ccccc2O)c1N. The van der Waals surface area contributed by atoms with Gasteiger partial charge in [0.1, 0.15) is 23.8 Å². The first kappa shape index (κ1) is 24.0. The number of alkyl halides is 1. The van der Waals surface area contributed by atoms with Gasteiger partial charge < -0.3 is 41.2 Å². The molecule has 0 saturated carbocycles. The third-order valence-electron chi connectivity index (χ3n) is 5.55. The standard InChI is InChI=1S/C19H25FN4O8/c1-10(6-20)12-7-22-17(28)24(16(12)21)19(30)18(29,15(27)14(9-25)32-19)23(31)8-11-4-2-3-5-13(11)26/h2-5,7,10,14-15,25-27,29-31H,6,8-9,21H2,1H3/t10?,14-,15-,18-,19-/m1/s1. The molecule has 176 valence electrons. The molecule has 1 aliphatic heterocycles. The molecular formula is C19H25FN4O8. The predicted molar refractivity (Wildman–Crippen MR) is 106 cm³/mol. The number of aromatic hydroxyl groups is 1. The number of anilines is 1. The van der Waals surface area contributed by atoms with E-state index in [4.69, 9.17) is 10.5 Å². The number of hydrogen-bond acceptors (Lipinski definition) is 11. The van der Waals surface area contributed by atoms with E-state index in [9.17, 15) is 39.9 Å². The van der Waals surface area contributed by atoms with Crippen LogP contribution in [-0.2, 0) is 17.2 Å². The summed E-state index contributed by atoms with van der Waals surface area (Å²) in [6.45, 7) is -1.06. The van der Waals surface area contributed by atoms with Gasteiger partial charge in [-0.3, -0.25) is 4.39 Å². The molecule has 0 aliphatic carbocycles. The van der Waals surface area contributed by atoms with Crippen LogP contribution in [0.4, 0.5) is 10.2 Å². The number of nitrogen functional groups attached to an aromatic ring is 1. The molecule has 0 radical (unpaired) electrons. The molecule has 32 heavy (non-hydrogen) atoms. The second-order valence-electron chi connectivity index (χ2n) is 7.58. The number of aromatic nitrogens is 2. The Morgan fingerprint density at radius 3 is 2.62 bits per heavy atom. The highest BCUT2D eigenvalue weighted by Crippen LogP contribution is 2.45. The number of hydroxylamine groups is 2. The number of nitrogens with two attached hydrogens (primary N) is 1. The number of phenols is 1. The van der Waals surface area contributed by atoms with E-state index >= 15 is 0 Å². The number of ether oxygens (including phenoxy) is 1. The van der Waals surface area contributed by atoms with E-state index in [1.54, 1.807) is 0 Å². The predicted octanol–water partition coefficient (Wildman–Crippen LogP) is -1.46. The Balaban J connectivity index is 2.19. The van der Waals surface area contributed by atoms with E-state index in [0.29, 0.717) is 0 Å². The Morgan fingerprint density at radius 1 is 1.38 bits per heavy atom. The molecule has 12 nitrogen and oxygen atoms in total. The normalized spacial score (nSPS) is 28.9. The highest BCUT2D eigenvalue weighted by molar-refractivity contribution is 5.42. The summed E-state index contributed by atoms with van der Waals surface area (Å²) in [6, 6.07) is 5.71. The van der Waals surface area contributed by atoms with Crippen LogP contribution in [-0.4, -0.2) is 76.6 Å². The summed E-state index contributed by atoms with van der Waals surface area (Å²) in [4.78, 5) is 16.1. The molecule has 2 heterocycles. The topological polar surface area (TPSA) is 195 Å². The fourth-order valence-corrected chi connectivity index (χ4v) is 3.65.